The molecule has 0 aliphatic heterocycles. The number of amides is 1. The Morgan fingerprint density at radius 3 is 2.82 bits per heavy atom. The molecule has 1 fully saturated rings. The summed E-state index contributed by atoms with van der Waals surface area (Å²) in [7, 11) is 1.64. The van der Waals surface area contributed by atoms with Crippen molar-refractivity contribution in [3.63, 3.8) is 0 Å². The smallest absolute Gasteiger partial charge is 0.289 e. The molecule has 0 unspecified atom stereocenters. The predicted molar refractivity (Wildman–Crippen MR) is 67.6 cm³/mol. The van der Waals surface area contributed by atoms with Crippen LogP contribution in [0.2, 0.25) is 5.02 Å². The third-order valence-electron chi connectivity index (χ3n) is 2.31. The van der Waals surface area contributed by atoms with Crippen molar-refractivity contribution in [2.45, 2.75) is 18.9 Å². The lowest BCUT2D eigenvalue weighted by Crippen LogP contribution is -2.47. The highest BCUT2D eigenvalue weighted by molar-refractivity contribution is 7.80. The van der Waals surface area contributed by atoms with Crippen LogP contribution in [0.4, 0.5) is 0 Å². The fourth-order valence-electron chi connectivity index (χ4n) is 1.29. The Balaban J connectivity index is 1.86. The number of aryl methyl sites for hydroxylation is 1. The van der Waals surface area contributed by atoms with Crippen LogP contribution in [0.1, 0.15) is 23.3 Å². The molecule has 1 amide bonds. The largest absolute Gasteiger partial charge is 0.359 e. The summed E-state index contributed by atoms with van der Waals surface area (Å²) < 4.78 is 1.40. The fraction of sp³-hybridized carbons (Fsp3) is 0.444. The van der Waals surface area contributed by atoms with Crippen molar-refractivity contribution in [2.75, 3.05) is 0 Å². The molecule has 92 valence electrons. The summed E-state index contributed by atoms with van der Waals surface area (Å²) >= 11 is 10.8. The van der Waals surface area contributed by atoms with Crippen molar-refractivity contribution >= 4 is 34.8 Å². The fourth-order valence-corrected chi connectivity index (χ4v) is 1.76. The second-order valence-corrected chi connectivity index (χ2v) is 4.61. The van der Waals surface area contributed by atoms with Gasteiger partial charge in [-0.15, -0.1) is 0 Å². The lowest BCUT2D eigenvalue weighted by molar-refractivity contribution is 0.0934. The molecule has 2 rings (SSSR count). The van der Waals surface area contributed by atoms with Crippen LogP contribution in [-0.4, -0.2) is 26.8 Å². The Morgan fingerprint density at radius 1 is 1.59 bits per heavy atom. The van der Waals surface area contributed by atoms with Gasteiger partial charge in [0.1, 0.15) is 5.69 Å². The van der Waals surface area contributed by atoms with E-state index in [4.69, 9.17) is 23.8 Å². The second-order valence-electron chi connectivity index (χ2n) is 3.79. The molecule has 0 bridgehead atoms. The SMILES string of the molecule is Cn1ncc(Cl)c1C(=O)NNC(=S)NC1CC1. The molecule has 0 spiro atoms. The highest BCUT2D eigenvalue weighted by Crippen LogP contribution is 2.18. The summed E-state index contributed by atoms with van der Waals surface area (Å²) in [6.45, 7) is 0. The Kier molecular flexibility index (Phi) is 3.49. The summed E-state index contributed by atoms with van der Waals surface area (Å²) in [5.74, 6) is -0.380. The van der Waals surface area contributed by atoms with Crippen LogP contribution >= 0.6 is 23.8 Å². The minimum Gasteiger partial charge on any atom is -0.359 e. The first-order valence-corrected chi connectivity index (χ1v) is 5.91. The van der Waals surface area contributed by atoms with E-state index < -0.39 is 0 Å². The number of halogens is 1. The zero-order chi connectivity index (χ0) is 12.4. The van der Waals surface area contributed by atoms with Gasteiger partial charge in [-0.1, -0.05) is 11.6 Å². The van der Waals surface area contributed by atoms with E-state index in [-0.39, 0.29) is 11.6 Å². The summed E-state index contributed by atoms with van der Waals surface area (Å²) in [6, 6.07) is 0.437. The topological polar surface area (TPSA) is 71.0 Å². The van der Waals surface area contributed by atoms with Crippen LogP contribution in [0.15, 0.2) is 6.20 Å². The first-order valence-electron chi connectivity index (χ1n) is 5.12. The van der Waals surface area contributed by atoms with Gasteiger partial charge < -0.3 is 5.32 Å². The van der Waals surface area contributed by atoms with Crippen LogP contribution in [-0.2, 0) is 7.05 Å². The minimum absolute atomic E-state index is 0.286. The number of carbonyl (C=O) groups excluding carboxylic acids is 1. The molecule has 1 aliphatic carbocycles. The van der Waals surface area contributed by atoms with Crippen LogP contribution < -0.4 is 16.2 Å². The van der Waals surface area contributed by atoms with Gasteiger partial charge in [-0.05, 0) is 25.1 Å². The quantitative estimate of drug-likeness (QED) is 0.536. The lowest BCUT2D eigenvalue weighted by Gasteiger charge is -2.10. The average molecular weight is 274 g/mol. The van der Waals surface area contributed by atoms with Crippen molar-refractivity contribution in [1.82, 2.24) is 25.9 Å². The number of thiocarbonyl (C=S) groups is 1. The molecule has 1 aliphatic rings. The van der Waals surface area contributed by atoms with Crippen molar-refractivity contribution in [3.05, 3.63) is 16.9 Å². The molecular weight excluding hydrogens is 262 g/mol. The second kappa shape index (κ2) is 4.89. The van der Waals surface area contributed by atoms with Gasteiger partial charge in [0.25, 0.3) is 5.91 Å². The van der Waals surface area contributed by atoms with Gasteiger partial charge in [-0.2, -0.15) is 5.10 Å². The van der Waals surface area contributed by atoms with Crippen LogP contribution in [0.25, 0.3) is 0 Å². The van der Waals surface area contributed by atoms with Gasteiger partial charge in [0.05, 0.1) is 11.2 Å². The lowest BCUT2D eigenvalue weighted by atomic mass is 10.4. The molecular formula is C9H12ClN5OS. The Morgan fingerprint density at radius 2 is 2.29 bits per heavy atom. The first kappa shape index (κ1) is 12.1. The van der Waals surface area contributed by atoms with E-state index in [1.54, 1.807) is 7.05 Å². The van der Waals surface area contributed by atoms with Crippen molar-refractivity contribution < 1.29 is 4.79 Å². The molecule has 1 heterocycles. The van der Waals surface area contributed by atoms with Gasteiger partial charge >= 0.3 is 0 Å². The maximum atomic E-state index is 11.7. The van der Waals surface area contributed by atoms with Crippen LogP contribution in [0.3, 0.4) is 0 Å². The average Bonchev–Trinajstić information content (AvgIpc) is 3.01. The molecule has 0 atom stereocenters. The van der Waals surface area contributed by atoms with E-state index in [1.807, 2.05) is 0 Å². The number of nitrogens with zero attached hydrogens (tertiary/aromatic N) is 2. The summed E-state index contributed by atoms with van der Waals surface area (Å²) in [4.78, 5) is 11.7. The van der Waals surface area contributed by atoms with E-state index in [1.165, 1.54) is 10.9 Å². The highest BCUT2D eigenvalue weighted by Gasteiger charge is 2.22. The van der Waals surface area contributed by atoms with Gasteiger partial charge in [0.15, 0.2) is 5.11 Å². The molecule has 0 radical (unpaired) electrons. The molecule has 1 aromatic rings. The third kappa shape index (κ3) is 3.07. The van der Waals surface area contributed by atoms with Crippen molar-refractivity contribution in [1.29, 1.82) is 0 Å². The van der Waals surface area contributed by atoms with Crippen LogP contribution in [0.5, 0.6) is 0 Å². The van der Waals surface area contributed by atoms with Gasteiger partial charge in [0.2, 0.25) is 0 Å². The number of aromatic nitrogens is 2. The monoisotopic (exact) mass is 273 g/mol. The summed E-state index contributed by atoms with van der Waals surface area (Å²) in [5.41, 5.74) is 5.36. The normalized spacial score (nSPS) is 14.2. The number of nitrogens with one attached hydrogen (secondary N) is 3. The van der Waals surface area contributed by atoms with Gasteiger partial charge in [-0.25, -0.2) is 0 Å². The molecule has 1 saturated carbocycles. The van der Waals surface area contributed by atoms with E-state index in [9.17, 15) is 4.79 Å². The third-order valence-corrected chi connectivity index (χ3v) is 2.81. The Labute approximate surface area is 109 Å². The van der Waals surface area contributed by atoms with Crippen molar-refractivity contribution in [3.8, 4) is 0 Å². The maximum absolute atomic E-state index is 11.7. The zero-order valence-electron chi connectivity index (χ0n) is 9.16. The van der Waals surface area contributed by atoms with E-state index in [2.05, 4.69) is 21.3 Å². The molecule has 8 heteroatoms. The predicted octanol–water partition coefficient (Wildman–Crippen LogP) is 0.345. The molecule has 0 aromatic carbocycles. The number of rotatable bonds is 2. The summed E-state index contributed by atoms with van der Waals surface area (Å²) in [6.07, 6.45) is 3.64. The first-order chi connectivity index (χ1) is 8.08. The standard InChI is InChI=1S/C9H12ClN5OS/c1-15-7(6(10)4-11-15)8(16)13-14-9(17)12-5-2-3-5/h4-5H,2-3H2,1H3,(H,13,16)(H2,12,14,17). The van der Waals surface area contributed by atoms with Gasteiger partial charge in [-0.3, -0.25) is 20.3 Å². The molecule has 0 saturated heterocycles. The zero-order valence-corrected chi connectivity index (χ0v) is 10.7. The van der Waals surface area contributed by atoms with E-state index in [0.29, 0.717) is 16.2 Å². The maximum Gasteiger partial charge on any atom is 0.289 e. The van der Waals surface area contributed by atoms with Crippen molar-refractivity contribution in [2.24, 2.45) is 7.05 Å². The number of carbonyl (C=O) groups is 1. The highest BCUT2D eigenvalue weighted by atomic mass is 35.5. The number of hydrogen-bond acceptors (Lipinski definition) is 3. The van der Waals surface area contributed by atoms with E-state index >= 15 is 0 Å². The number of hydrazine groups is 1. The minimum atomic E-state index is -0.380. The molecule has 17 heavy (non-hydrogen) atoms. The molecule has 1 aromatic heterocycles. The van der Waals surface area contributed by atoms with Gasteiger partial charge in [0, 0.05) is 13.1 Å². The molecule has 3 N–H and O–H groups in total. The van der Waals surface area contributed by atoms with E-state index in [0.717, 1.165) is 12.8 Å². The Bertz CT molecular complexity index is 437. The Hall–Kier alpha value is -1.34. The van der Waals surface area contributed by atoms with Crippen LogP contribution in [0, 0.1) is 0 Å². The summed E-state index contributed by atoms with van der Waals surface area (Å²) in [5, 5.41) is 7.61. The number of hydrogen-bond donors (Lipinski definition) is 3. The molecule has 6 nitrogen and oxygen atoms in total.